The van der Waals surface area contributed by atoms with E-state index in [1.54, 1.807) is 12.1 Å². The van der Waals surface area contributed by atoms with E-state index in [0.29, 0.717) is 12.0 Å². The molecule has 0 saturated heterocycles. The number of carboxylic acids is 1. The van der Waals surface area contributed by atoms with Crippen LogP contribution in [-0.2, 0) is 17.3 Å². The third kappa shape index (κ3) is 3.93. The second-order valence-corrected chi connectivity index (χ2v) is 8.96. The number of rotatable bonds is 2. The SMILES string of the molecule is Cc1cc(C#CCc2ccc3c(c2)C(C)(C)CCC3(C)C)ccc1C(=O)O. The van der Waals surface area contributed by atoms with E-state index in [1.807, 2.05) is 13.0 Å². The van der Waals surface area contributed by atoms with Crippen molar-refractivity contribution in [3.63, 3.8) is 0 Å². The number of hydrogen-bond donors (Lipinski definition) is 1. The highest BCUT2D eigenvalue weighted by molar-refractivity contribution is 5.89. The van der Waals surface area contributed by atoms with E-state index in [2.05, 4.69) is 57.7 Å². The summed E-state index contributed by atoms with van der Waals surface area (Å²) < 4.78 is 0. The standard InChI is InChI=1S/C25H28O2/c1-17-15-18(9-11-20(17)23(26)27)7-6-8-19-10-12-21-22(16-19)25(4,5)14-13-24(21,2)3/h9-12,15-16H,8,13-14H2,1-5H3,(H,26,27). The van der Waals surface area contributed by atoms with Gasteiger partial charge in [-0.1, -0.05) is 57.7 Å². The molecule has 0 amide bonds. The van der Waals surface area contributed by atoms with Gasteiger partial charge in [0.2, 0.25) is 0 Å². The van der Waals surface area contributed by atoms with E-state index < -0.39 is 5.97 Å². The van der Waals surface area contributed by atoms with Crippen LogP contribution in [0.3, 0.4) is 0 Å². The monoisotopic (exact) mass is 360 g/mol. The summed E-state index contributed by atoms with van der Waals surface area (Å²) in [5.41, 5.74) is 6.54. The molecule has 0 unspecified atom stereocenters. The maximum absolute atomic E-state index is 11.1. The molecule has 2 aromatic rings. The molecule has 1 aliphatic carbocycles. The van der Waals surface area contributed by atoms with Gasteiger partial charge in [-0.25, -0.2) is 4.79 Å². The van der Waals surface area contributed by atoms with Crippen LogP contribution >= 0.6 is 0 Å². The summed E-state index contributed by atoms with van der Waals surface area (Å²) >= 11 is 0. The molecule has 140 valence electrons. The molecule has 2 heteroatoms. The first-order chi connectivity index (χ1) is 12.6. The number of hydrogen-bond acceptors (Lipinski definition) is 1. The summed E-state index contributed by atoms with van der Waals surface area (Å²) in [6.07, 6.45) is 3.12. The van der Waals surface area contributed by atoms with Gasteiger partial charge in [0.15, 0.2) is 0 Å². The Balaban J connectivity index is 1.84. The first-order valence-corrected chi connectivity index (χ1v) is 9.57. The normalized spacial score (nSPS) is 16.8. The van der Waals surface area contributed by atoms with Crippen LogP contribution in [0.15, 0.2) is 36.4 Å². The van der Waals surface area contributed by atoms with Crippen molar-refractivity contribution < 1.29 is 9.90 Å². The van der Waals surface area contributed by atoms with E-state index in [0.717, 1.165) is 11.1 Å². The molecule has 1 aliphatic rings. The van der Waals surface area contributed by atoms with Crippen LogP contribution in [0, 0.1) is 18.8 Å². The number of carbonyl (C=O) groups is 1. The quantitative estimate of drug-likeness (QED) is 0.704. The first-order valence-electron chi connectivity index (χ1n) is 9.57. The second-order valence-electron chi connectivity index (χ2n) is 8.96. The lowest BCUT2D eigenvalue weighted by molar-refractivity contribution is 0.0696. The molecule has 0 heterocycles. The lowest BCUT2D eigenvalue weighted by Gasteiger charge is -2.42. The predicted octanol–water partition coefficient (Wildman–Crippen LogP) is 5.64. The molecule has 0 spiro atoms. The number of benzene rings is 2. The Morgan fingerprint density at radius 2 is 1.67 bits per heavy atom. The Bertz CT molecular complexity index is 952. The van der Waals surface area contributed by atoms with Gasteiger partial charge in [-0.15, -0.1) is 0 Å². The summed E-state index contributed by atoms with van der Waals surface area (Å²) in [4.78, 5) is 11.1. The van der Waals surface area contributed by atoms with Crippen LogP contribution in [0.25, 0.3) is 0 Å². The maximum atomic E-state index is 11.1. The maximum Gasteiger partial charge on any atom is 0.335 e. The zero-order chi connectivity index (χ0) is 19.8. The number of aromatic carboxylic acids is 1. The van der Waals surface area contributed by atoms with Crippen LogP contribution in [0.4, 0.5) is 0 Å². The lowest BCUT2D eigenvalue weighted by Crippen LogP contribution is -2.33. The van der Waals surface area contributed by atoms with Gasteiger partial charge < -0.3 is 5.11 Å². The van der Waals surface area contributed by atoms with Crippen molar-refractivity contribution in [2.45, 2.75) is 64.7 Å². The van der Waals surface area contributed by atoms with Crippen molar-refractivity contribution in [1.82, 2.24) is 0 Å². The fraction of sp³-hybridized carbons (Fsp3) is 0.400. The molecule has 0 atom stereocenters. The molecule has 27 heavy (non-hydrogen) atoms. The van der Waals surface area contributed by atoms with Crippen molar-refractivity contribution in [1.29, 1.82) is 0 Å². The minimum Gasteiger partial charge on any atom is -0.478 e. The smallest absolute Gasteiger partial charge is 0.335 e. The van der Waals surface area contributed by atoms with E-state index in [-0.39, 0.29) is 10.8 Å². The molecular formula is C25H28O2. The number of carboxylic acid groups (broad SMARTS) is 1. The van der Waals surface area contributed by atoms with Crippen molar-refractivity contribution in [3.8, 4) is 11.8 Å². The Hall–Kier alpha value is -2.53. The average molecular weight is 360 g/mol. The fourth-order valence-electron chi connectivity index (χ4n) is 3.98. The van der Waals surface area contributed by atoms with Gasteiger partial charge in [-0.2, -0.15) is 0 Å². The van der Waals surface area contributed by atoms with Crippen molar-refractivity contribution in [2.75, 3.05) is 0 Å². The Morgan fingerprint density at radius 3 is 2.30 bits per heavy atom. The van der Waals surface area contributed by atoms with E-state index in [4.69, 9.17) is 5.11 Å². The summed E-state index contributed by atoms with van der Waals surface area (Å²) in [5.74, 6) is 5.53. The highest BCUT2D eigenvalue weighted by atomic mass is 16.4. The zero-order valence-electron chi connectivity index (χ0n) is 16.9. The van der Waals surface area contributed by atoms with E-state index in [9.17, 15) is 4.79 Å². The van der Waals surface area contributed by atoms with Gasteiger partial charge in [-0.05, 0) is 71.0 Å². The zero-order valence-corrected chi connectivity index (χ0v) is 16.9. The van der Waals surface area contributed by atoms with Crippen molar-refractivity contribution in [2.24, 2.45) is 0 Å². The van der Waals surface area contributed by atoms with Gasteiger partial charge in [-0.3, -0.25) is 0 Å². The van der Waals surface area contributed by atoms with Gasteiger partial charge in [0.25, 0.3) is 0 Å². The Kier molecular flexibility index (Phi) is 4.91. The van der Waals surface area contributed by atoms with E-state index in [1.165, 1.54) is 29.5 Å². The number of fused-ring (bicyclic) bond motifs is 1. The Morgan fingerprint density at radius 1 is 1.00 bits per heavy atom. The molecule has 2 aromatic carbocycles. The van der Waals surface area contributed by atoms with Crippen LogP contribution in [0.1, 0.15) is 78.7 Å². The molecule has 2 nitrogen and oxygen atoms in total. The average Bonchev–Trinajstić information content (AvgIpc) is 2.59. The first kappa shape index (κ1) is 19.2. The molecule has 3 rings (SSSR count). The van der Waals surface area contributed by atoms with Crippen LogP contribution < -0.4 is 0 Å². The van der Waals surface area contributed by atoms with Crippen molar-refractivity contribution >= 4 is 5.97 Å². The van der Waals surface area contributed by atoms with Gasteiger partial charge >= 0.3 is 5.97 Å². The lowest BCUT2D eigenvalue weighted by atomic mass is 9.63. The molecule has 0 radical (unpaired) electrons. The molecular weight excluding hydrogens is 332 g/mol. The van der Waals surface area contributed by atoms with Crippen LogP contribution in [0.2, 0.25) is 0 Å². The molecule has 0 aromatic heterocycles. The largest absolute Gasteiger partial charge is 0.478 e. The molecule has 0 saturated carbocycles. The van der Waals surface area contributed by atoms with Gasteiger partial charge in [0.05, 0.1) is 5.56 Å². The minimum atomic E-state index is -0.897. The van der Waals surface area contributed by atoms with E-state index >= 15 is 0 Å². The predicted molar refractivity (Wildman–Crippen MR) is 110 cm³/mol. The summed E-state index contributed by atoms with van der Waals surface area (Å²) in [6.45, 7) is 11.2. The second kappa shape index (κ2) is 6.89. The summed E-state index contributed by atoms with van der Waals surface area (Å²) in [5, 5.41) is 9.12. The van der Waals surface area contributed by atoms with Crippen molar-refractivity contribution in [3.05, 3.63) is 69.8 Å². The van der Waals surface area contributed by atoms with Gasteiger partial charge in [0.1, 0.15) is 0 Å². The summed E-state index contributed by atoms with van der Waals surface area (Å²) in [6, 6.07) is 12.1. The molecule has 0 aliphatic heterocycles. The van der Waals surface area contributed by atoms with Crippen LogP contribution in [0.5, 0.6) is 0 Å². The van der Waals surface area contributed by atoms with Crippen LogP contribution in [-0.4, -0.2) is 11.1 Å². The molecule has 0 fully saturated rings. The highest BCUT2D eigenvalue weighted by Gasteiger charge is 2.36. The molecule has 0 bridgehead atoms. The topological polar surface area (TPSA) is 37.3 Å². The molecule has 1 N–H and O–H groups in total. The summed E-state index contributed by atoms with van der Waals surface area (Å²) in [7, 11) is 0. The third-order valence-corrected chi connectivity index (χ3v) is 5.90. The van der Waals surface area contributed by atoms with Gasteiger partial charge in [0, 0.05) is 12.0 Å². The fourth-order valence-corrected chi connectivity index (χ4v) is 3.98. The minimum absolute atomic E-state index is 0.206. The Labute approximate surface area is 162 Å². The highest BCUT2D eigenvalue weighted by Crippen LogP contribution is 2.45. The number of aryl methyl sites for hydroxylation is 1. The third-order valence-electron chi connectivity index (χ3n) is 5.90.